The summed E-state index contributed by atoms with van der Waals surface area (Å²) in [5, 5.41) is 0. The van der Waals surface area contributed by atoms with Crippen molar-refractivity contribution in [1.82, 2.24) is 9.55 Å². The summed E-state index contributed by atoms with van der Waals surface area (Å²) in [6.45, 7) is 6.06. The first-order valence-corrected chi connectivity index (χ1v) is 10.6. The van der Waals surface area contributed by atoms with Crippen molar-refractivity contribution in [2.75, 3.05) is 11.4 Å². The molecule has 0 saturated carbocycles. The largest absolute Gasteiger partial charge is 0.328 e. The molecule has 3 aromatic rings. The lowest BCUT2D eigenvalue weighted by molar-refractivity contribution is -0.117. The number of anilines is 1. The smallest absolute Gasteiger partial charge is 0.227 e. The summed E-state index contributed by atoms with van der Waals surface area (Å²) < 4.78 is 2.36. The number of carbonyl (C=O) groups is 1. The van der Waals surface area contributed by atoms with Crippen LogP contribution in [0.25, 0.3) is 11.0 Å². The van der Waals surface area contributed by atoms with Gasteiger partial charge in [0.25, 0.3) is 0 Å². The van der Waals surface area contributed by atoms with Crippen LogP contribution in [-0.4, -0.2) is 22.0 Å². The van der Waals surface area contributed by atoms with Gasteiger partial charge in [-0.3, -0.25) is 4.79 Å². The fraction of sp³-hybridized carbons (Fsp3) is 0.417. The average molecular weight is 412 g/mol. The third-order valence-corrected chi connectivity index (χ3v) is 5.82. The maximum absolute atomic E-state index is 12.9. The van der Waals surface area contributed by atoms with Crippen molar-refractivity contribution in [3.63, 3.8) is 0 Å². The minimum Gasteiger partial charge on any atom is -0.328 e. The minimum atomic E-state index is 0. The highest BCUT2D eigenvalue weighted by molar-refractivity contribution is 5.97. The van der Waals surface area contributed by atoms with Gasteiger partial charge in [-0.15, -0.1) is 12.4 Å². The molecule has 154 valence electrons. The zero-order valence-corrected chi connectivity index (χ0v) is 18.1. The summed E-state index contributed by atoms with van der Waals surface area (Å²) in [5.41, 5.74) is 4.52. The molecule has 2 aromatic carbocycles. The highest BCUT2D eigenvalue weighted by atomic mass is 35.5. The van der Waals surface area contributed by atoms with E-state index in [1.807, 2.05) is 23.1 Å². The fourth-order valence-electron chi connectivity index (χ4n) is 4.35. The van der Waals surface area contributed by atoms with E-state index in [1.54, 1.807) is 0 Å². The number of hydrogen-bond acceptors (Lipinski definition) is 2. The summed E-state index contributed by atoms with van der Waals surface area (Å²) in [6, 6.07) is 16.6. The van der Waals surface area contributed by atoms with Gasteiger partial charge in [-0.25, -0.2) is 4.98 Å². The molecule has 1 aliphatic rings. The molecule has 0 radical (unpaired) electrons. The van der Waals surface area contributed by atoms with Gasteiger partial charge in [0.1, 0.15) is 5.82 Å². The lowest BCUT2D eigenvalue weighted by atomic mass is 10.1. The molecule has 29 heavy (non-hydrogen) atoms. The lowest BCUT2D eigenvalue weighted by Crippen LogP contribution is -2.25. The van der Waals surface area contributed by atoms with Gasteiger partial charge in [-0.2, -0.15) is 0 Å². The maximum atomic E-state index is 12.9. The van der Waals surface area contributed by atoms with Crippen LogP contribution in [-0.2, 0) is 17.8 Å². The zero-order chi connectivity index (χ0) is 19.5. The maximum Gasteiger partial charge on any atom is 0.227 e. The Balaban J connectivity index is 0.00000240. The number of unbranched alkanes of at least 4 members (excludes halogenated alkanes) is 2. The summed E-state index contributed by atoms with van der Waals surface area (Å²) in [4.78, 5) is 19.8. The van der Waals surface area contributed by atoms with Crippen molar-refractivity contribution in [3.8, 4) is 0 Å². The highest BCUT2D eigenvalue weighted by Gasteiger charge is 2.35. The highest BCUT2D eigenvalue weighted by Crippen LogP contribution is 2.34. The SMILES string of the molecule is CCCCCn1c(C2CC(=O)N(c3ccccc3CC)C2)nc2ccccc21.Cl. The summed E-state index contributed by atoms with van der Waals surface area (Å²) in [6.07, 6.45) is 5.03. The van der Waals surface area contributed by atoms with Crippen LogP contribution in [0.2, 0.25) is 0 Å². The number of aryl methyl sites for hydroxylation is 2. The van der Waals surface area contributed by atoms with Crippen molar-refractivity contribution < 1.29 is 4.79 Å². The van der Waals surface area contributed by atoms with E-state index in [-0.39, 0.29) is 24.2 Å². The molecule has 5 heteroatoms. The van der Waals surface area contributed by atoms with Crippen molar-refractivity contribution in [2.45, 2.75) is 58.4 Å². The van der Waals surface area contributed by atoms with Gasteiger partial charge >= 0.3 is 0 Å². The van der Waals surface area contributed by atoms with Gasteiger partial charge in [-0.1, -0.05) is 57.0 Å². The number of hydrogen-bond donors (Lipinski definition) is 0. The Kier molecular flexibility index (Phi) is 6.96. The lowest BCUT2D eigenvalue weighted by Gasteiger charge is -2.20. The Hall–Kier alpha value is -2.33. The monoisotopic (exact) mass is 411 g/mol. The molecule has 2 heterocycles. The van der Waals surface area contributed by atoms with Crippen LogP contribution in [0.4, 0.5) is 5.69 Å². The molecule has 1 atom stereocenters. The average Bonchev–Trinajstić information content (AvgIpc) is 3.29. The Morgan fingerprint density at radius 1 is 1.03 bits per heavy atom. The number of aromatic nitrogens is 2. The molecule has 0 spiro atoms. The van der Waals surface area contributed by atoms with Crippen LogP contribution in [0.5, 0.6) is 0 Å². The van der Waals surface area contributed by atoms with Gasteiger partial charge in [0.05, 0.1) is 11.0 Å². The third kappa shape index (κ3) is 4.18. The molecule has 1 amide bonds. The normalized spacial score (nSPS) is 16.4. The quantitative estimate of drug-likeness (QED) is 0.465. The fourth-order valence-corrected chi connectivity index (χ4v) is 4.35. The van der Waals surface area contributed by atoms with E-state index < -0.39 is 0 Å². The summed E-state index contributed by atoms with van der Waals surface area (Å²) >= 11 is 0. The topological polar surface area (TPSA) is 38.1 Å². The molecular weight excluding hydrogens is 382 g/mol. The number of fused-ring (bicyclic) bond motifs is 1. The predicted octanol–water partition coefficient (Wildman–Crippen LogP) is 5.73. The van der Waals surface area contributed by atoms with Gasteiger partial charge in [0.15, 0.2) is 0 Å². The van der Waals surface area contributed by atoms with Crippen LogP contribution in [0.3, 0.4) is 0 Å². The zero-order valence-electron chi connectivity index (χ0n) is 17.3. The first kappa shape index (κ1) is 21.4. The van der Waals surface area contributed by atoms with Crippen LogP contribution < -0.4 is 4.90 Å². The number of imidazole rings is 1. The van der Waals surface area contributed by atoms with E-state index in [0.29, 0.717) is 13.0 Å². The molecule has 1 aliphatic heterocycles. The first-order chi connectivity index (χ1) is 13.7. The Labute approximate surface area is 179 Å². The first-order valence-electron chi connectivity index (χ1n) is 10.6. The van der Waals surface area contributed by atoms with Crippen molar-refractivity contribution in [1.29, 1.82) is 0 Å². The number of rotatable bonds is 7. The second kappa shape index (κ2) is 9.45. The van der Waals surface area contributed by atoms with E-state index in [4.69, 9.17) is 4.98 Å². The van der Waals surface area contributed by atoms with Crippen LogP contribution in [0.15, 0.2) is 48.5 Å². The number of halogens is 1. The van der Waals surface area contributed by atoms with Crippen LogP contribution in [0.1, 0.15) is 56.8 Å². The molecule has 0 bridgehead atoms. The molecule has 1 saturated heterocycles. The van der Waals surface area contributed by atoms with Gasteiger partial charge < -0.3 is 9.47 Å². The van der Waals surface area contributed by atoms with E-state index in [0.717, 1.165) is 36.4 Å². The number of para-hydroxylation sites is 3. The molecule has 0 aliphatic carbocycles. The van der Waals surface area contributed by atoms with E-state index >= 15 is 0 Å². The standard InChI is InChI=1S/C24H29N3O.ClH/c1-3-5-10-15-26-22-14-9-7-12-20(22)25-24(26)19-16-23(28)27(17-19)21-13-8-6-11-18(21)4-2;/h6-9,11-14,19H,3-5,10,15-17H2,1-2H3;1H. The second-order valence-electron chi connectivity index (χ2n) is 7.71. The Bertz CT molecular complexity index is 981. The number of benzene rings is 2. The van der Waals surface area contributed by atoms with E-state index in [9.17, 15) is 4.79 Å². The number of nitrogens with zero attached hydrogens (tertiary/aromatic N) is 3. The second-order valence-corrected chi connectivity index (χ2v) is 7.71. The summed E-state index contributed by atoms with van der Waals surface area (Å²) in [7, 11) is 0. The van der Waals surface area contributed by atoms with Gasteiger partial charge in [0, 0.05) is 31.1 Å². The number of carbonyl (C=O) groups excluding carboxylic acids is 1. The predicted molar refractivity (Wildman–Crippen MR) is 122 cm³/mol. The Morgan fingerprint density at radius 3 is 2.59 bits per heavy atom. The minimum absolute atomic E-state index is 0. The van der Waals surface area contributed by atoms with Gasteiger partial charge in [-0.05, 0) is 36.6 Å². The summed E-state index contributed by atoms with van der Waals surface area (Å²) in [5.74, 6) is 1.42. The Morgan fingerprint density at radius 2 is 1.79 bits per heavy atom. The molecule has 4 rings (SSSR count). The van der Waals surface area contributed by atoms with Gasteiger partial charge in [0.2, 0.25) is 5.91 Å². The molecular formula is C24H30ClN3O. The van der Waals surface area contributed by atoms with Crippen molar-refractivity contribution >= 4 is 35.0 Å². The van der Waals surface area contributed by atoms with Crippen LogP contribution >= 0.6 is 12.4 Å². The van der Waals surface area contributed by atoms with E-state index in [1.165, 1.54) is 23.9 Å². The molecule has 0 N–H and O–H groups in total. The molecule has 4 nitrogen and oxygen atoms in total. The van der Waals surface area contributed by atoms with Crippen molar-refractivity contribution in [2.24, 2.45) is 0 Å². The van der Waals surface area contributed by atoms with E-state index in [2.05, 4.69) is 48.7 Å². The van der Waals surface area contributed by atoms with Crippen LogP contribution in [0, 0.1) is 0 Å². The molecule has 1 aromatic heterocycles. The molecule has 1 fully saturated rings. The number of amides is 1. The third-order valence-electron chi connectivity index (χ3n) is 5.82. The van der Waals surface area contributed by atoms with Crippen molar-refractivity contribution in [3.05, 3.63) is 59.9 Å². The molecule has 1 unspecified atom stereocenters.